The summed E-state index contributed by atoms with van der Waals surface area (Å²) < 4.78 is 8.04. The Balaban J connectivity index is 1.66. The number of aliphatic hydroxyl groups excluding tert-OH is 1. The molecule has 0 amide bonds. The summed E-state index contributed by atoms with van der Waals surface area (Å²) in [6, 6.07) is 13.2. The Labute approximate surface area is 150 Å². The topological polar surface area (TPSA) is 37.6 Å². The molecule has 2 aromatic rings. The van der Waals surface area contributed by atoms with Crippen molar-refractivity contribution in [2.24, 2.45) is 5.92 Å². The Morgan fingerprint density at radius 2 is 1.88 bits per heavy atom. The minimum atomic E-state index is 0.238. The van der Waals surface area contributed by atoms with Crippen molar-refractivity contribution in [1.29, 1.82) is 0 Å². The van der Waals surface area contributed by atoms with E-state index in [9.17, 15) is 5.11 Å². The van der Waals surface area contributed by atoms with Crippen molar-refractivity contribution in [2.45, 2.75) is 32.4 Å². The number of aromatic nitrogens is 1. The number of hydrogen-bond acceptors (Lipinski definition) is 3. The number of fused-ring (bicyclic) bond motifs is 1. The molecule has 0 bridgehead atoms. The highest BCUT2D eigenvalue weighted by atomic mass is 16.5. The molecule has 1 saturated heterocycles. The minimum absolute atomic E-state index is 0.238. The van der Waals surface area contributed by atoms with E-state index in [0.29, 0.717) is 0 Å². The maximum Gasteiger partial charge on any atom is 0.0558 e. The number of nitrogens with zero attached hydrogens (tertiary/aromatic N) is 2. The third kappa shape index (κ3) is 3.66. The van der Waals surface area contributed by atoms with E-state index in [4.69, 9.17) is 4.74 Å². The summed E-state index contributed by atoms with van der Waals surface area (Å²) in [5.74, 6) is 0.734. The third-order valence-corrected chi connectivity index (χ3v) is 5.65. The van der Waals surface area contributed by atoms with Gasteiger partial charge >= 0.3 is 0 Å². The second-order valence-electron chi connectivity index (χ2n) is 7.28. The number of hydrogen-bond donors (Lipinski definition) is 1. The van der Waals surface area contributed by atoms with Crippen molar-refractivity contribution < 1.29 is 9.84 Å². The summed E-state index contributed by atoms with van der Waals surface area (Å²) in [4.78, 5) is 2.37. The standard InChI is InChI=1S/C21H28N2O2/c24-11-10-22-8-9-23-20(18-4-2-1-3-5-18)15-19(21(23)16-22)14-17-6-12-25-13-7-17/h1-5,15,17,24H,6-14,16H2. The smallest absolute Gasteiger partial charge is 0.0558 e. The van der Waals surface area contributed by atoms with Gasteiger partial charge in [0.05, 0.1) is 6.61 Å². The van der Waals surface area contributed by atoms with Crippen LogP contribution in [0, 0.1) is 5.92 Å². The van der Waals surface area contributed by atoms with Crippen LogP contribution in [0.2, 0.25) is 0 Å². The van der Waals surface area contributed by atoms with Crippen molar-refractivity contribution in [3.8, 4) is 11.3 Å². The number of benzene rings is 1. The predicted molar refractivity (Wildman–Crippen MR) is 99.5 cm³/mol. The molecular weight excluding hydrogens is 312 g/mol. The number of rotatable bonds is 5. The van der Waals surface area contributed by atoms with Crippen molar-refractivity contribution >= 4 is 0 Å². The van der Waals surface area contributed by atoms with Crippen LogP contribution in [0.5, 0.6) is 0 Å². The van der Waals surface area contributed by atoms with E-state index in [2.05, 4.69) is 45.9 Å². The molecule has 25 heavy (non-hydrogen) atoms. The van der Waals surface area contributed by atoms with E-state index >= 15 is 0 Å². The maximum absolute atomic E-state index is 9.32. The fraction of sp³-hybridized carbons (Fsp3) is 0.524. The lowest BCUT2D eigenvalue weighted by Crippen LogP contribution is -2.36. The lowest BCUT2D eigenvalue weighted by Gasteiger charge is -2.30. The molecule has 0 atom stereocenters. The van der Waals surface area contributed by atoms with Crippen molar-refractivity contribution in [3.63, 3.8) is 0 Å². The van der Waals surface area contributed by atoms with Gasteiger partial charge in [-0.25, -0.2) is 0 Å². The minimum Gasteiger partial charge on any atom is -0.395 e. The van der Waals surface area contributed by atoms with Gasteiger partial charge in [0, 0.05) is 50.8 Å². The van der Waals surface area contributed by atoms with Crippen LogP contribution in [0.1, 0.15) is 24.1 Å². The Morgan fingerprint density at radius 3 is 2.64 bits per heavy atom. The lowest BCUT2D eigenvalue weighted by molar-refractivity contribution is 0.0663. The van der Waals surface area contributed by atoms with Crippen LogP contribution in [-0.2, 0) is 24.2 Å². The SMILES string of the molecule is OCCN1CCn2c(-c3ccccc3)cc(CC3CCOCC3)c2C1. The molecule has 134 valence electrons. The first-order valence-corrected chi connectivity index (χ1v) is 9.53. The highest BCUT2D eigenvalue weighted by Gasteiger charge is 2.25. The van der Waals surface area contributed by atoms with Gasteiger partial charge in [0.1, 0.15) is 0 Å². The molecule has 4 heteroatoms. The van der Waals surface area contributed by atoms with Crippen LogP contribution in [0.4, 0.5) is 0 Å². The predicted octanol–water partition coefficient (Wildman–Crippen LogP) is 2.93. The molecule has 1 aromatic heterocycles. The van der Waals surface area contributed by atoms with Gasteiger partial charge in [-0.05, 0) is 42.4 Å². The summed E-state index contributed by atoms with van der Waals surface area (Å²) in [7, 11) is 0. The molecule has 3 heterocycles. The first-order valence-electron chi connectivity index (χ1n) is 9.53. The van der Waals surface area contributed by atoms with E-state index in [0.717, 1.165) is 51.7 Å². The fourth-order valence-electron chi connectivity index (χ4n) is 4.24. The Kier molecular flexibility index (Phi) is 5.20. The van der Waals surface area contributed by atoms with Gasteiger partial charge in [0.25, 0.3) is 0 Å². The zero-order valence-corrected chi connectivity index (χ0v) is 14.9. The van der Waals surface area contributed by atoms with Crippen molar-refractivity contribution in [3.05, 3.63) is 47.7 Å². The summed E-state index contributed by atoms with van der Waals surface area (Å²) in [5, 5.41) is 9.32. The summed E-state index contributed by atoms with van der Waals surface area (Å²) in [6.45, 7) is 5.79. The summed E-state index contributed by atoms with van der Waals surface area (Å²) in [5.41, 5.74) is 5.59. The molecule has 2 aliphatic rings. The van der Waals surface area contributed by atoms with Gasteiger partial charge in [-0.3, -0.25) is 4.90 Å². The van der Waals surface area contributed by atoms with Gasteiger partial charge in [-0.15, -0.1) is 0 Å². The van der Waals surface area contributed by atoms with Crippen LogP contribution in [0.3, 0.4) is 0 Å². The molecule has 4 nitrogen and oxygen atoms in total. The van der Waals surface area contributed by atoms with E-state index < -0.39 is 0 Å². The normalized spacial score (nSPS) is 19.1. The van der Waals surface area contributed by atoms with E-state index in [1.54, 1.807) is 0 Å². The zero-order chi connectivity index (χ0) is 17.1. The van der Waals surface area contributed by atoms with E-state index in [1.807, 2.05) is 0 Å². The van der Waals surface area contributed by atoms with E-state index in [1.165, 1.54) is 35.4 Å². The summed E-state index contributed by atoms with van der Waals surface area (Å²) in [6.07, 6.45) is 3.50. The first kappa shape index (κ1) is 16.8. The van der Waals surface area contributed by atoms with Crippen LogP contribution in [-0.4, -0.2) is 47.5 Å². The third-order valence-electron chi connectivity index (χ3n) is 5.65. The average Bonchev–Trinajstić information content (AvgIpc) is 3.02. The second-order valence-corrected chi connectivity index (χ2v) is 7.28. The van der Waals surface area contributed by atoms with Crippen molar-refractivity contribution in [1.82, 2.24) is 9.47 Å². The Morgan fingerprint density at radius 1 is 1.08 bits per heavy atom. The van der Waals surface area contributed by atoms with Gasteiger partial charge in [0.15, 0.2) is 0 Å². The monoisotopic (exact) mass is 340 g/mol. The molecule has 0 saturated carbocycles. The molecule has 0 spiro atoms. The molecule has 1 N–H and O–H groups in total. The molecule has 0 unspecified atom stereocenters. The number of ether oxygens (including phenoxy) is 1. The molecule has 2 aliphatic heterocycles. The highest BCUT2D eigenvalue weighted by Crippen LogP contribution is 2.32. The van der Waals surface area contributed by atoms with Gasteiger partial charge in [0.2, 0.25) is 0 Å². The highest BCUT2D eigenvalue weighted by molar-refractivity contribution is 5.62. The Bertz CT molecular complexity index is 689. The van der Waals surface area contributed by atoms with Gasteiger partial charge in [-0.1, -0.05) is 30.3 Å². The van der Waals surface area contributed by atoms with Gasteiger partial charge < -0.3 is 14.4 Å². The quantitative estimate of drug-likeness (QED) is 0.909. The molecule has 0 aliphatic carbocycles. The van der Waals surface area contributed by atoms with Crippen molar-refractivity contribution in [2.75, 3.05) is 32.9 Å². The largest absolute Gasteiger partial charge is 0.395 e. The number of β-amino-alcohol motifs (C(OH)–C–C–N with tert-alkyl or cyclic N) is 1. The zero-order valence-electron chi connectivity index (χ0n) is 14.9. The molecule has 0 radical (unpaired) electrons. The lowest BCUT2D eigenvalue weighted by atomic mass is 9.92. The van der Waals surface area contributed by atoms with Crippen LogP contribution in [0.25, 0.3) is 11.3 Å². The number of aliphatic hydroxyl groups is 1. The molecule has 1 fully saturated rings. The molecule has 4 rings (SSSR count). The summed E-state index contributed by atoms with van der Waals surface area (Å²) >= 11 is 0. The van der Waals surface area contributed by atoms with Crippen LogP contribution in [0.15, 0.2) is 36.4 Å². The molecular formula is C21H28N2O2. The second kappa shape index (κ2) is 7.73. The van der Waals surface area contributed by atoms with Crippen LogP contribution >= 0.6 is 0 Å². The average molecular weight is 340 g/mol. The first-order chi connectivity index (χ1) is 12.3. The van der Waals surface area contributed by atoms with Gasteiger partial charge in [-0.2, -0.15) is 0 Å². The van der Waals surface area contributed by atoms with Crippen LogP contribution < -0.4 is 0 Å². The fourth-order valence-corrected chi connectivity index (χ4v) is 4.24. The Hall–Kier alpha value is -1.62. The van der Waals surface area contributed by atoms with E-state index in [-0.39, 0.29) is 6.61 Å². The maximum atomic E-state index is 9.32. The molecule has 1 aromatic carbocycles.